The van der Waals surface area contributed by atoms with Crippen LogP contribution in [-0.4, -0.2) is 30.9 Å². The van der Waals surface area contributed by atoms with Crippen LogP contribution in [0.15, 0.2) is 36.4 Å². The van der Waals surface area contributed by atoms with Crippen LogP contribution >= 0.6 is 0 Å². The number of esters is 1. The van der Waals surface area contributed by atoms with Gasteiger partial charge in [0.15, 0.2) is 0 Å². The molecule has 2 aliphatic carbocycles. The Morgan fingerprint density at radius 2 is 1.93 bits per heavy atom. The molecular formula is C26H36O4. The summed E-state index contributed by atoms with van der Waals surface area (Å²) >= 11 is 0. The van der Waals surface area contributed by atoms with E-state index >= 15 is 0 Å². The summed E-state index contributed by atoms with van der Waals surface area (Å²) in [6, 6.07) is 6.26. The van der Waals surface area contributed by atoms with Gasteiger partial charge in [0.1, 0.15) is 12.4 Å². The van der Waals surface area contributed by atoms with E-state index in [4.69, 9.17) is 14.6 Å². The summed E-state index contributed by atoms with van der Waals surface area (Å²) in [7, 11) is 0. The first-order valence-electron chi connectivity index (χ1n) is 11.5. The Kier molecular flexibility index (Phi) is 8.56. The molecule has 1 N–H and O–H groups in total. The SMILES string of the molecule is C=C(C)C(=O)OCCc1cc(C2=CCC(C3CCCCC3)CC2)ccc1OCCO. The van der Waals surface area contributed by atoms with Gasteiger partial charge in [-0.1, -0.05) is 50.8 Å². The van der Waals surface area contributed by atoms with Crippen molar-refractivity contribution in [2.75, 3.05) is 19.8 Å². The molecule has 0 bridgehead atoms. The second kappa shape index (κ2) is 11.4. The van der Waals surface area contributed by atoms with Crippen LogP contribution in [0.1, 0.15) is 69.4 Å². The standard InChI is InChI=1S/C26H36O4/c1-19(2)26(28)30-16-14-24-18-23(12-13-25(24)29-17-15-27)22-10-8-21(9-11-22)20-6-4-3-5-7-20/h10,12-13,18,20-21,27H,1,3-9,11,14-17H2,2H3. The molecular weight excluding hydrogens is 376 g/mol. The quantitative estimate of drug-likeness (QED) is 0.431. The molecule has 0 aromatic heterocycles. The summed E-state index contributed by atoms with van der Waals surface area (Å²) in [5.41, 5.74) is 4.05. The van der Waals surface area contributed by atoms with Crippen LogP contribution in [0.4, 0.5) is 0 Å². The molecule has 4 heteroatoms. The molecule has 0 aliphatic heterocycles. The molecule has 3 rings (SSSR count). The lowest BCUT2D eigenvalue weighted by Crippen LogP contribution is -2.19. The van der Waals surface area contributed by atoms with Crippen molar-refractivity contribution in [2.24, 2.45) is 11.8 Å². The van der Waals surface area contributed by atoms with Crippen molar-refractivity contribution >= 4 is 11.5 Å². The van der Waals surface area contributed by atoms with Crippen molar-refractivity contribution in [3.63, 3.8) is 0 Å². The minimum atomic E-state index is -0.368. The van der Waals surface area contributed by atoms with Crippen molar-refractivity contribution < 1.29 is 19.4 Å². The number of benzene rings is 1. The van der Waals surface area contributed by atoms with Gasteiger partial charge in [-0.2, -0.15) is 0 Å². The summed E-state index contributed by atoms with van der Waals surface area (Å²) in [5.74, 6) is 2.15. The maximum atomic E-state index is 11.7. The highest BCUT2D eigenvalue weighted by Crippen LogP contribution is 2.40. The van der Waals surface area contributed by atoms with Gasteiger partial charge in [0.2, 0.25) is 0 Å². The second-order valence-corrected chi connectivity index (χ2v) is 8.72. The number of ether oxygens (including phenoxy) is 2. The number of carbonyl (C=O) groups excluding carboxylic acids is 1. The zero-order valence-corrected chi connectivity index (χ0v) is 18.3. The molecule has 0 spiro atoms. The zero-order chi connectivity index (χ0) is 21.3. The van der Waals surface area contributed by atoms with Crippen molar-refractivity contribution in [3.05, 3.63) is 47.6 Å². The fraction of sp³-hybridized carbons (Fsp3) is 0.577. The Balaban J connectivity index is 1.67. The number of rotatable bonds is 9. The number of aliphatic hydroxyl groups excluding tert-OH is 1. The average Bonchev–Trinajstić information content (AvgIpc) is 2.78. The Hall–Kier alpha value is -2.07. The van der Waals surface area contributed by atoms with Crippen LogP contribution in [0.3, 0.4) is 0 Å². The van der Waals surface area contributed by atoms with Gasteiger partial charge in [-0.15, -0.1) is 0 Å². The van der Waals surface area contributed by atoms with Gasteiger partial charge in [-0.05, 0) is 66.9 Å². The fourth-order valence-corrected chi connectivity index (χ4v) is 4.80. The molecule has 1 saturated carbocycles. The summed E-state index contributed by atoms with van der Waals surface area (Å²) in [6.07, 6.45) is 13.7. The van der Waals surface area contributed by atoms with Crippen molar-refractivity contribution in [2.45, 2.75) is 64.7 Å². The van der Waals surface area contributed by atoms with Crippen LogP contribution in [0.5, 0.6) is 5.75 Å². The second-order valence-electron chi connectivity index (χ2n) is 8.72. The highest BCUT2D eigenvalue weighted by atomic mass is 16.5. The van der Waals surface area contributed by atoms with E-state index in [0.29, 0.717) is 12.0 Å². The van der Waals surface area contributed by atoms with Gasteiger partial charge < -0.3 is 14.6 Å². The third-order valence-electron chi connectivity index (χ3n) is 6.50. The van der Waals surface area contributed by atoms with Crippen molar-refractivity contribution in [1.29, 1.82) is 0 Å². The first-order chi connectivity index (χ1) is 14.6. The molecule has 164 valence electrons. The summed E-state index contributed by atoms with van der Waals surface area (Å²) < 4.78 is 11.0. The van der Waals surface area contributed by atoms with Crippen LogP contribution in [0, 0.1) is 11.8 Å². The van der Waals surface area contributed by atoms with Gasteiger partial charge in [0.25, 0.3) is 0 Å². The number of aliphatic hydroxyl groups is 1. The first kappa shape index (κ1) is 22.6. The predicted octanol–water partition coefficient (Wildman–Crippen LogP) is 5.48. The molecule has 0 heterocycles. The van der Waals surface area contributed by atoms with E-state index in [1.807, 2.05) is 6.07 Å². The molecule has 0 amide bonds. The Morgan fingerprint density at radius 3 is 2.60 bits per heavy atom. The van der Waals surface area contributed by atoms with E-state index in [1.54, 1.807) is 6.92 Å². The van der Waals surface area contributed by atoms with Crippen molar-refractivity contribution in [3.8, 4) is 5.75 Å². The molecule has 0 saturated heterocycles. The first-order valence-corrected chi connectivity index (χ1v) is 11.5. The number of allylic oxidation sites excluding steroid dienone is 2. The number of hydrogen-bond donors (Lipinski definition) is 1. The normalized spacial score (nSPS) is 19.8. The van der Waals surface area contributed by atoms with E-state index in [0.717, 1.165) is 29.6 Å². The highest BCUT2D eigenvalue weighted by Gasteiger charge is 2.25. The van der Waals surface area contributed by atoms with E-state index in [-0.39, 0.29) is 25.8 Å². The van der Waals surface area contributed by atoms with Crippen molar-refractivity contribution in [1.82, 2.24) is 0 Å². The molecule has 1 aromatic rings. The predicted molar refractivity (Wildman–Crippen MR) is 120 cm³/mol. The third kappa shape index (κ3) is 6.21. The monoisotopic (exact) mass is 412 g/mol. The topological polar surface area (TPSA) is 55.8 Å². The van der Waals surface area contributed by atoms with Gasteiger partial charge in [-0.25, -0.2) is 4.79 Å². The minimum absolute atomic E-state index is 0.0282. The van der Waals surface area contributed by atoms with Crippen LogP contribution in [0.2, 0.25) is 0 Å². The lowest BCUT2D eigenvalue weighted by molar-refractivity contribution is -0.138. The molecule has 1 unspecified atom stereocenters. The van der Waals surface area contributed by atoms with E-state index < -0.39 is 0 Å². The maximum absolute atomic E-state index is 11.7. The van der Waals surface area contributed by atoms with Crippen LogP contribution < -0.4 is 4.74 Å². The molecule has 2 aliphatic rings. The lowest BCUT2D eigenvalue weighted by atomic mass is 9.73. The summed E-state index contributed by atoms with van der Waals surface area (Å²) in [4.78, 5) is 11.7. The van der Waals surface area contributed by atoms with Gasteiger partial charge in [0.05, 0.1) is 13.2 Å². The van der Waals surface area contributed by atoms with E-state index in [9.17, 15) is 4.79 Å². The van der Waals surface area contributed by atoms with Crippen LogP contribution in [-0.2, 0) is 16.0 Å². The summed E-state index contributed by atoms with van der Waals surface area (Å²) in [6.45, 7) is 5.78. The average molecular weight is 413 g/mol. The molecule has 1 atom stereocenters. The molecule has 1 fully saturated rings. The Morgan fingerprint density at radius 1 is 1.13 bits per heavy atom. The largest absolute Gasteiger partial charge is 0.491 e. The Labute approximate surface area is 181 Å². The highest BCUT2D eigenvalue weighted by molar-refractivity contribution is 5.86. The molecule has 0 radical (unpaired) electrons. The third-order valence-corrected chi connectivity index (χ3v) is 6.50. The van der Waals surface area contributed by atoms with E-state index in [1.165, 1.54) is 56.1 Å². The smallest absolute Gasteiger partial charge is 0.333 e. The Bertz CT molecular complexity index is 758. The van der Waals surface area contributed by atoms with Gasteiger partial charge in [0, 0.05) is 12.0 Å². The maximum Gasteiger partial charge on any atom is 0.333 e. The zero-order valence-electron chi connectivity index (χ0n) is 18.3. The minimum Gasteiger partial charge on any atom is -0.491 e. The molecule has 30 heavy (non-hydrogen) atoms. The summed E-state index contributed by atoms with van der Waals surface area (Å²) in [5, 5.41) is 9.11. The van der Waals surface area contributed by atoms with Crippen LogP contribution in [0.25, 0.3) is 5.57 Å². The van der Waals surface area contributed by atoms with Gasteiger partial charge >= 0.3 is 5.97 Å². The molecule has 4 nitrogen and oxygen atoms in total. The lowest BCUT2D eigenvalue weighted by Gasteiger charge is -2.32. The molecule has 1 aromatic carbocycles. The number of carbonyl (C=O) groups is 1. The van der Waals surface area contributed by atoms with Gasteiger partial charge in [-0.3, -0.25) is 0 Å². The number of hydrogen-bond acceptors (Lipinski definition) is 4. The van der Waals surface area contributed by atoms with E-state index in [2.05, 4.69) is 24.8 Å². The fourth-order valence-electron chi connectivity index (χ4n) is 4.80.